The van der Waals surface area contributed by atoms with E-state index in [1.54, 1.807) is 12.1 Å². The molecule has 5 nitrogen and oxygen atoms in total. The van der Waals surface area contributed by atoms with E-state index in [0.29, 0.717) is 30.8 Å². The second-order valence-electron chi connectivity index (χ2n) is 6.49. The minimum absolute atomic E-state index is 0.128. The molecule has 130 valence electrons. The van der Waals surface area contributed by atoms with Crippen molar-refractivity contribution in [1.82, 2.24) is 10.2 Å². The summed E-state index contributed by atoms with van der Waals surface area (Å²) >= 11 is 0. The number of benzene rings is 2. The van der Waals surface area contributed by atoms with Crippen LogP contribution in [-0.4, -0.2) is 23.3 Å². The number of likely N-dealkylation sites (tertiary alicyclic amines) is 1. The predicted octanol–water partition coefficient (Wildman–Crippen LogP) is 2.63. The number of nitrogens with one attached hydrogen (secondary N) is 1. The van der Waals surface area contributed by atoms with Gasteiger partial charge < -0.3 is 16.0 Å². The van der Waals surface area contributed by atoms with Crippen LogP contribution in [0, 0.1) is 6.92 Å². The van der Waals surface area contributed by atoms with Gasteiger partial charge in [0.15, 0.2) is 0 Å². The predicted molar refractivity (Wildman–Crippen MR) is 97.9 cm³/mol. The van der Waals surface area contributed by atoms with E-state index in [1.165, 1.54) is 0 Å². The van der Waals surface area contributed by atoms with Crippen molar-refractivity contribution in [3.8, 4) is 0 Å². The summed E-state index contributed by atoms with van der Waals surface area (Å²) in [5.74, 6) is 0.102. The number of anilines is 1. The number of carbonyl (C=O) groups is 2. The Bertz CT molecular complexity index is 784. The zero-order chi connectivity index (χ0) is 17.8. The molecule has 5 heteroatoms. The van der Waals surface area contributed by atoms with Crippen LogP contribution in [0.4, 0.5) is 5.69 Å². The van der Waals surface area contributed by atoms with Gasteiger partial charge in [-0.25, -0.2) is 0 Å². The molecule has 2 amide bonds. The molecule has 1 fully saturated rings. The number of nitrogens with zero attached hydrogens (tertiary/aromatic N) is 1. The largest absolute Gasteiger partial charge is 0.399 e. The second kappa shape index (κ2) is 7.38. The first-order valence-corrected chi connectivity index (χ1v) is 8.53. The average molecular weight is 337 g/mol. The highest BCUT2D eigenvalue weighted by atomic mass is 16.2. The second-order valence-corrected chi connectivity index (χ2v) is 6.49. The molecule has 1 saturated heterocycles. The molecule has 0 atom stereocenters. The number of nitrogens with two attached hydrogens (primary N) is 1. The van der Waals surface area contributed by atoms with Gasteiger partial charge in [-0.15, -0.1) is 0 Å². The van der Waals surface area contributed by atoms with Gasteiger partial charge >= 0.3 is 0 Å². The van der Waals surface area contributed by atoms with Gasteiger partial charge in [-0.05, 0) is 42.2 Å². The van der Waals surface area contributed by atoms with Crippen molar-refractivity contribution in [2.24, 2.45) is 0 Å². The Morgan fingerprint density at radius 1 is 1.16 bits per heavy atom. The molecule has 0 radical (unpaired) electrons. The molecule has 1 heterocycles. The summed E-state index contributed by atoms with van der Waals surface area (Å²) in [5, 5.41) is 2.92. The van der Waals surface area contributed by atoms with Crippen LogP contribution in [0.25, 0.3) is 0 Å². The van der Waals surface area contributed by atoms with E-state index in [1.807, 2.05) is 42.2 Å². The molecule has 3 rings (SSSR count). The van der Waals surface area contributed by atoms with E-state index in [-0.39, 0.29) is 11.8 Å². The first-order chi connectivity index (χ1) is 12.0. The Morgan fingerprint density at radius 3 is 2.56 bits per heavy atom. The summed E-state index contributed by atoms with van der Waals surface area (Å²) < 4.78 is 0. The van der Waals surface area contributed by atoms with Crippen molar-refractivity contribution in [1.29, 1.82) is 0 Å². The number of nitrogen functional groups attached to an aromatic ring is 1. The van der Waals surface area contributed by atoms with E-state index < -0.39 is 0 Å². The fourth-order valence-electron chi connectivity index (χ4n) is 3.02. The van der Waals surface area contributed by atoms with Crippen LogP contribution in [0.2, 0.25) is 0 Å². The fourth-order valence-corrected chi connectivity index (χ4v) is 3.02. The highest BCUT2D eigenvalue weighted by Crippen LogP contribution is 2.15. The molecule has 2 aromatic rings. The minimum atomic E-state index is -0.128. The van der Waals surface area contributed by atoms with Gasteiger partial charge in [-0.3, -0.25) is 9.59 Å². The molecule has 0 aliphatic carbocycles. The number of carbonyl (C=O) groups excluding carboxylic acids is 2. The van der Waals surface area contributed by atoms with Gasteiger partial charge in [0.2, 0.25) is 5.91 Å². The number of amides is 2. The number of rotatable bonds is 5. The average Bonchev–Trinajstić information content (AvgIpc) is 3.01. The first kappa shape index (κ1) is 17.0. The smallest absolute Gasteiger partial charge is 0.251 e. The van der Waals surface area contributed by atoms with E-state index in [0.717, 1.165) is 29.7 Å². The number of hydrogen-bond acceptors (Lipinski definition) is 3. The summed E-state index contributed by atoms with van der Waals surface area (Å²) in [7, 11) is 0. The fraction of sp³-hybridized carbons (Fsp3) is 0.300. The summed E-state index contributed by atoms with van der Waals surface area (Å²) in [6.45, 7) is 3.85. The van der Waals surface area contributed by atoms with Crippen LogP contribution in [0.1, 0.15) is 39.9 Å². The van der Waals surface area contributed by atoms with Gasteiger partial charge in [0, 0.05) is 37.3 Å². The topological polar surface area (TPSA) is 75.4 Å². The third-order valence-electron chi connectivity index (χ3n) is 4.53. The molecule has 0 bridgehead atoms. The van der Waals surface area contributed by atoms with E-state index in [4.69, 9.17) is 5.73 Å². The SMILES string of the molecule is Cc1ccc(N)cc1C(=O)NCc1ccc(CN2CCCC2=O)cc1. The van der Waals surface area contributed by atoms with Crippen LogP contribution in [0.5, 0.6) is 0 Å². The first-order valence-electron chi connectivity index (χ1n) is 8.53. The van der Waals surface area contributed by atoms with Crippen LogP contribution < -0.4 is 11.1 Å². The van der Waals surface area contributed by atoms with E-state index in [9.17, 15) is 9.59 Å². The lowest BCUT2D eigenvalue weighted by molar-refractivity contribution is -0.128. The Kier molecular flexibility index (Phi) is 5.03. The molecular weight excluding hydrogens is 314 g/mol. The van der Waals surface area contributed by atoms with Gasteiger partial charge in [0.1, 0.15) is 0 Å². The Hall–Kier alpha value is -2.82. The monoisotopic (exact) mass is 337 g/mol. The van der Waals surface area contributed by atoms with Crippen molar-refractivity contribution < 1.29 is 9.59 Å². The molecule has 0 spiro atoms. The van der Waals surface area contributed by atoms with Gasteiger partial charge in [-0.2, -0.15) is 0 Å². The van der Waals surface area contributed by atoms with Crippen molar-refractivity contribution in [3.05, 3.63) is 64.7 Å². The molecule has 1 aliphatic rings. The number of hydrogen-bond donors (Lipinski definition) is 2. The van der Waals surface area contributed by atoms with Crippen LogP contribution in [-0.2, 0) is 17.9 Å². The molecule has 0 aromatic heterocycles. The quantitative estimate of drug-likeness (QED) is 0.824. The van der Waals surface area contributed by atoms with E-state index >= 15 is 0 Å². The van der Waals surface area contributed by atoms with Crippen molar-refractivity contribution in [2.45, 2.75) is 32.9 Å². The zero-order valence-corrected chi connectivity index (χ0v) is 14.4. The Balaban J connectivity index is 1.57. The Labute approximate surface area is 147 Å². The third-order valence-corrected chi connectivity index (χ3v) is 4.53. The highest BCUT2D eigenvalue weighted by molar-refractivity contribution is 5.96. The summed E-state index contributed by atoms with van der Waals surface area (Å²) in [5.41, 5.74) is 9.97. The maximum Gasteiger partial charge on any atom is 0.251 e. The summed E-state index contributed by atoms with van der Waals surface area (Å²) in [6, 6.07) is 13.3. The maximum atomic E-state index is 12.3. The van der Waals surface area contributed by atoms with Crippen molar-refractivity contribution in [3.63, 3.8) is 0 Å². The molecule has 3 N–H and O–H groups in total. The van der Waals surface area contributed by atoms with Gasteiger partial charge in [0.25, 0.3) is 5.91 Å². The summed E-state index contributed by atoms with van der Waals surface area (Å²) in [6.07, 6.45) is 1.61. The molecule has 2 aromatic carbocycles. The van der Waals surface area contributed by atoms with Gasteiger partial charge in [0.05, 0.1) is 0 Å². The zero-order valence-electron chi connectivity index (χ0n) is 14.4. The molecule has 1 aliphatic heterocycles. The molecular formula is C20H23N3O2. The molecule has 25 heavy (non-hydrogen) atoms. The molecule has 0 unspecified atom stereocenters. The lowest BCUT2D eigenvalue weighted by atomic mass is 10.1. The van der Waals surface area contributed by atoms with Crippen LogP contribution >= 0.6 is 0 Å². The van der Waals surface area contributed by atoms with Crippen LogP contribution in [0.3, 0.4) is 0 Å². The van der Waals surface area contributed by atoms with Crippen molar-refractivity contribution >= 4 is 17.5 Å². The normalized spacial score (nSPS) is 14.0. The summed E-state index contributed by atoms with van der Waals surface area (Å²) in [4.78, 5) is 25.9. The Morgan fingerprint density at radius 2 is 1.88 bits per heavy atom. The standard InChI is InChI=1S/C20H23N3O2/c1-14-4-9-17(21)11-18(14)20(25)22-12-15-5-7-16(8-6-15)13-23-10-2-3-19(23)24/h4-9,11H,2-3,10,12-13,21H2,1H3,(H,22,25). The third kappa shape index (κ3) is 4.18. The van der Waals surface area contributed by atoms with E-state index in [2.05, 4.69) is 5.32 Å². The van der Waals surface area contributed by atoms with Crippen molar-refractivity contribution in [2.75, 3.05) is 12.3 Å². The lowest BCUT2D eigenvalue weighted by Crippen LogP contribution is -2.24. The van der Waals surface area contributed by atoms with Crippen LogP contribution in [0.15, 0.2) is 42.5 Å². The maximum absolute atomic E-state index is 12.3. The number of aryl methyl sites for hydroxylation is 1. The minimum Gasteiger partial charge on any atom is -0.399 e. The molecule has 0 saturated carbocycles. The lowest BCUT2D eigenvalue weighted by Gasteiger charge is -2.15. The highest BCUT2D eigenvalue weighted by Gasteiger charge is 2.19. The van der Waals surface area contributed by atoms with Gasteiger partial charge in [-0.1, -0.05) is 30.3 Å².